The highest BCUT2D eigenvalue weighted by atomic mass is 28.4. The fourth-order valence-corrected chi connectivity index (χ4v) is 4.72. The second-order valence-corrected chi connectivity index (χ2v) is 14.8. The van der Waals surface area contributed by atoms with Crippen molar-refractivity contribution in [3.63, 3.8) is 0 Å². The molecule has 1 aromatic carbocycles. The molecular weight excluding hydrogens is 438 g/mol. The van der Waals surface area contributed by atoms with Crippen LogP contribution in [0.5, 0.6) is 11.5 Å². The Kier molecular flexibility index (Phi) is 7.38. The van der Waals surface area contributed by atoms with Gasteiger partial charge in [0, 0.05) is 18.9 Å². The molecule has 0 bridgehead atoms. The molecule has 2 aliphatic rings. The van der Waals surface area contributed by atoms with Gasteiger partial charge < -0.3 is 18.6 Å². The Hall–Kier alpha value is -2.58. The van der Waals surface area contributed by atoms with Gasteiger partial charge in [-0.3, -0.25) is 14.5 Å². The first-order valence-corrected chi connectivity index (χ1v) is 14.2. The largest absolute Gasteiger partial charge is 0.460 e. The second-order valence-electron chi connectivity index (χ2n) is 9.94. The van der Waals surface area contributed by atoms with Crippen molar-refractivity contribution >= 4 is 25.9 Å². The molecule has 7 nitrogen and oxygen atoms in total. The summed E-state index contributed by atoms with van der Waals surface area (Å²) >= 11 is 0. The van der Waals surface area contributed by atoms with E-state index in [1.165, 1.54) is 6.08 Å². The minimum atomic E-state index is -2.12. The second kappa shape index (κ2) is 9.73. The quantitative estimate of drug-likeness (QED) is 0.235. The van der Waals surface area contributed by atoms with Crippen molar-refractivity contribution in [2.24, 2.45) is 0 Å². The number of fused-ring (bicyclic) bond motifs is 2. The van der Waals surface area contributed by atoms with Crippen molar-refractivity contribution in [2.45, 2.75) is 70.3 Å². The number of nitrogens with zero attached hydrogens (tertiary/aromatic N) is 1. The van der Waals surface area contributed by atoms with Crippen LogP contribution in [0.2, 0.25) is 18.1 Å². The monoisotopic (exact) mass is 473 g/mol. The van der Waals surface area contributed by atoms with E-state index in [4.69, 9.17) is 18.6 Å². The number of carbonyl (C=O) groups is 2. The molecule has 1 aromatic rings. The van der Waals surface area contributed by atoms with Crippen molar-refractivity contribution in [1.29, 1.82) is 0 Å². The van der Waals surface area contributed by atoms with Crippen LogP contribution in [0.3, 0.4) is 0 Å². The Morgan fingerprint density at radius 3 is 2.48 bits per heavy atom. The lowest BCUT2D eigenvalue weighted by Crippen LogP contribution is -2.56. The van der Waals surface area contributed by atoms with E-state index in [9.17, 15) is 9.59 Å². The number of ether oxygens (including phenoxy) is 3. The van der Waals surface area contributed by atoms with E-state index in [1.54, 1.807) is 11.0 Å². The minimum Gasteiger partial charge on any atom is -0.460 e. The molecule has 0 radical (unpaired) electrons. The topological polar surface area (TPSA) is 74.3 Å². The molecule has 0 saturated heterocycles. The summed E-state index contributed by atoms with van der Waals surface area (Å²) in [7, 11) is -2.12. The van der Waals surface area contributed by atoms with Crippen molar-refractivity contribution in [3.8, 4) is 11.5 Å². The number of hydrogen-bond donors (Lipinski definition) is 0. The number of esters is 1. The Morgan fingerprint density at radius 1 is 1.21 bits per heavy atom. The molecule has 180 valence electrons. The molecule has 0 fully saturated rings. The molecule has 0 aliphatic carbocycles. The van der Waals surface area contributed by atoms with Crippen LogP contribution < -0.4 is 14.4 Å². The minimum absolute atomic E-state index is 0.00497. The van der Waals surface area contributed by atoms with Gasteiger partial charge in [-0.25, -0.2) is 0 Å². The van der Waals surface area contributed by atoms with Crippen LogP contribution in [0, 0.1) is 0 Å². The zero-order valence-corrected chi connectivity index (χ0v) is 21.3. The highest BCUT2D eigenvalue weighted by molar-refractivity contribution is 6.74. The molecule has 8 heteroatoms. The number of benzene rings is 1. The normalized spacial score (nSPS) is 19.6. The maximum atomic E-state index is 13.1. The molecule has 1 amide bonds. The van der Waals surface area contributed by atoms with Gasteiger partial charge in [-0.2, -0.15) is 0 Å². The highest BCUT2D eigenvalue weighted by Crippen LogP contribution is 2.43. The summed E-state index contributed by atoms with van der Waals surface area (Å²) in [5, 5.41) is -0.00497. The number of rotatable bonds is 8. The maximum absolute atomic E-state index is 13.1. The third-order valence-electron chi connectivity index (χ3n) is 6.68. The van der Waals surface area contributed by atoms with Crippen molar-refractivity contribution in [1.82, 2.24) is 0 Å². The predicted octanol–water partition coefficient (Wildman–Crippen LogP) is 4.76. The number of carbonyl (C=O) groups excluding carboxylic acids is 2. The number of amides is 1. The summed E-state index contributed by atoms with van der Waals surface area (Å²) in [4.78, 5) is 27.3. The zero-order chi connectivity index (χ0) is 24.4. The van der Waals surface area contributed by atoms with E-state index < -0.39 is 20.5 Å². The Labute approximate surface area is 197 Å². The third-order valence-corrected chi connectivity index (χ3v) is 11.2. The molecule has 0 spiro atoms. The first-order chi connectivity index (χ1) is 15.5. The van der Waals surface area contributed by atoms with Crippen molar-refractivity contribution < 1.29 is 28.2 Å². The van der Waals surface area contributed by atoms with Crippen LogP contribution in [-0.2, 0) is 25.2 Å². The molecule has 0 unspecified atom stereocenters. The molecule has 2 heterocycles. The fourth-order valence-electron chi connectivity index (χ4n) is 3.70. The van der Waals surface area contributed by atoms with Crippen LogP contribution in [0.15, 0.2) is 37.4 Å². The van der Waals surface area contributed by atoms with Crippen LogP contribution in [-0.4, -0.2) is 45.7 Å². The first-order valence-electron chi connectivity index (χ1n) is 11.3. The van der Waals surface area contributed by atoms with Crippen LogP contribution in [0.25, 0.3) is 0 Å². The van der Waals surface area contributed by atoms with Gasteiger partial charge in [-0.05, 0) is 42.3 Å². The SMILES string of the molecule is C=CCCC(=O)O[C@H]1Cc2cc3c(cc2N(C(=O)C=C)[C@@H]1CO[Si](C)(C)C(C)(C)C)OCO3. The van der Waals surface area contributed by atoms with Gasteiger partial charge in [0.15, 0.2) is 19.8 Å². The van der Waals surface area contributed by atoms with Crippen LogP contribution in [0.4, 0.5) is 5.69 Å². The van der Waals surface area contributed by atoms with Crippen LogP contribution >= 0.6 is 0 Å². The van der Waals surface area contributed by atoms with Gasteiger partial charge in [0.2, 0.25) is 6.79 Å². The smallest absolute Gasteiger partial charge is 0.306 e. The summed E-state index contributed by atoms with van der Waals surface area (Å²) < 4.78 is 23.5. The lowest BCUT2D eigenvalue weighted by molar-refractivity contribution is -0.151. The van der Waals surface area contributed by atoms with Gasteiger partial charge in [-0.15, -0.1) is 6.58 Å². The number of allylic oxidation sites excluding steroid dienone is 1. The molecule has 33 heavy (non-hydrogen) atoms. The predicted molar refractivity (Wildman–Crippen MR) is 130 cm³/mol. The Bertz CT molecular complexity index is 936. The molecular formula is C25H35NO6Si. The fraction of sp³-hybridized carbons (Fsp3) is 0.520. The summed E-state index contributed by atoms with van der Waals surface area (Å²) in [6.07, 6.45) is 3.60. The van der Waals surface area contributed by atoms with Gasteiger partial charge in [-0.1, -0.05) is 33.4 Å². The molecule has 0 aromatic heterocycles. The van der Waals surface area contributed by atoms with E-state index in [2.05, 4.69) is 47.0 Å². The molecule has 2 aliphatic heterocycles. The average Bonchev–Trinajstić information content (AvgIpc) is 3.20. The standard InChI is InChI=1S/C25H35NO6Si/c1-8-10-11-24(28)32-20-12-17-13-21-22(30-16-29-21)14-18(17)26(23(27)9-2)19(20)15-31-33(6,7)25(3,4)5/h8-9,13-14,19-20H,1-2,10-12,15-16H2,3-7H3/t19-,20+/m1/s1. The van der Waals surface area contributed by atoms with E-state index in [0.717, 1.165) is 5.56 Å². The molecule has 3 rings (SSSR count). The summed E-state index contributed by atoms with van der Waals surface area (Å²) in [5.74, 6) is 0.590. The van der Waals surface area contributed by atoms with Crippen LogP contribution in [0.1, 0.15) is 39.2 Å². The average molecular weight is 474 g/mol. The van der Waals surface area contributed by atoms with E-state index in [-0.39, 0.29) is 36.7 Å². The first kappa shape index (κ1) is 25.0. The van der Waals surface area contributed by atoms with Crippen molar-refractivity contribution in [3.05, 3.63) is 43.0 Å². The third kappa shape index (κ3) is 5.33. The van der Waals surface area contributed by atoms with Gasteiger partial charge >= 0.3 is 5.97 Å². The summed E-state index contributed by atoms with van der Waals surface area (Å²) in [5.41, 5.74) is 1.55. The maximum Gasteiger partial charge on any atom is 0.306 e. The van der Waals surface area contributed by atoms with E-state index in [1.807, 2.05) is 12.1 Å². The van der Waals surface area contributed by atoms with E-state index >= 15 is 0 Å². The Morgan fingerprint density at radius 2 is 1.88 bits per heavy atom. The molecule has 0 N–H and O–H groups in total. The van der Waals surface area contributed by atoms with Gasteiger partial charge in [0.25, 0.3) is 5.91 Å². The molecule has 0 saturated carbocycles. The molecule has 2 atom stereocenters. The lowest BCUT2D eigenvalue weighted by atomic mass is 9.92. The Balaban J connectivity index is 2.00. The van der Waals surface area contributed by atoms with Crippen molar-refractivity contribution in [2.75, 3.05) is 18.3 Å². The van der Waals surface area contributed by atoms with E-state index in [0.29, 0.717) is 30.0 Å². The highest BCUT2D eigenvalue weighted by Gasteiger charge is 2.44. The summed E-state index contributed by atoms with van der Waals surface area (Å²) in [6, 6.07) is 3.18. The van der Waals surface area contributed by atoms with Gasteiger partial charge in [0.05, 0.1) is 18.3 Å². The number of hydrogen-bond acceptors (Lipinski definition) is 6. The van der Waals surface area contributed by atoms with Gasteiger partial charge in [0.1, 0.15) is 6.10 Å². The summed E-state index contributed by atoms with van der Waals surface area (Å²) in [6.45, 7) is 18.6. The lowest BCUT2D eigenvalue weighted by Gasteiger charge is -2.44. The number of anilines is 1. The zero-order valence-electron chi connectivity index (χ0n) is 20.3.